The molecule has 0 bridgehead atoms. The SMILES string of the molecule is CSc1ccccc1NC1CSCc2ccccc21. The fourth-order valence-corrected chi connectivity index (χ4v) is 4.11. The number of fused-ring (bicyclic) bond motifs is 1. The Labute approximate surface area is 123 Å². The van der Waals surface area contributed by atoms with Gasteiger partial charge in [-0.05, 0) is 29.5 Å². The highest BCUT2D eigenvalue weighted by Crippen LogP contribution is 2.35. The van der Waals surface area contributed by atoms with Gasteiger partial charge in [0.1, 0.15) is 0 Å². The van der Waals surface area contributed by atoms with Gasteiger partial charge in [0.05, 0.1) is 6.04 Å². The number of hydrogen-bond donors (Lipinski definition) is 1. The summed E-state index contributed by atoms with van der Waals surface area (Å²) in [5, 5.41) is 3.71. The summed E-state index contributed by atoms with van der Waals surface area (Å²) in [7, 11) is 0. The van der Waals surface area contributed by atoms with E-state index in [0.717, 1.165) is 11.5 Å². The van der Waals surface area contributed by atoms with Crippen LogP contribution in [0.2, 0.25) is 0 Å². The van der Waals surface area contributed by atoms with Gasteiger partial charge >= 0.3 is 0 Å². The molecule has 98 valence electrons. The average Bonchev–Trinajstić information content (AvgIpc) is 2.48. The van der Waals surface area contributed by atoms with Crippen LogP contribution in [-0.4, -0.2) is 12.0 Å². The van der Waals surface area contributed by atoms with Crippen LogP contribution in [0.4, 0.5) is 5.69 Å². The van der Waals surface area contributed by atoms with Crippen LogP contribution in [0.5, 0.6) is 0 Å². The molecule has 19 heavy (non-hydrogen) atoms. The summed E-state index contributed by atoms with van der Waals surface area (Å²) in [6, 6.07) is 17.8. The molecule has 2 aromatic rings. The first kappa shape index (κ1) is 12.9. The van der Waals surface area contributed by atoms with E-state index in [1.165, 1.54) is 21.7 Å². The zero-order chi connectivity index (χ0) is 13.1. The quantitative estimate of drug-likeness (QED) is 0.814. The van der Waals surface area contributed by atoms with Crippen molar-refractivity contribution in [2.45, 2.75) is 16.7 Å². The minimum atomic E-state index is 0.420. The molecule has 0 amide bonds. The topological polar surface area (TPSA) is 12.0 Å². The largest absolute Gasteiger partial charge is 0.376 e. The van der Waals surface area contributed by atoms with E-state index in [-0.39, 0.29) is 0 Å². The molecule has 1 nitrogen and oxygen atoms in total. The van der Waals surface area contributed by atoms with E-state index in [1.807, 2.05) is 11.8 Å². The lowest BCUT2D eigenvalue weighted by atomic mass is 10.0. The van der Waals surface area contributed by atoms with Gasteiger partial charge in [-0.3, -0.25) is 0 Å². The lowest BCUT2D eigenvalue weighted by molar-refractivity contribution is 0.866. The molecule has 3 rings (SSSR count). The van der Waals surface area contributed by atoms with Gasteiger partial charge in [0, 0.05) is 22.1 Å². The van der Waals surface area contributed by atoms with Crippen molar-refractivity contribution in [1.82, 2.24) is 0 Å². The van der Waals surface area contributed by atoms with E-state index >= 15 is 0 Å². The Morgan fingerprint density at radius 3 is 2.79 bits per heavy atom. The molecule has 0 aliphatic carbocycles. The molecule has 0 fully saturated rings. The monoisotopic (exact) mass is 287 g/mol. The van der Waals surface area contributed by atoms with E-state index < -0.39 is 0 Å². The third-order valence-electron chi connectivity index (χ3n) is 3.41. The molecule has 3 heteroatoms. The maximum absolute atomic E-state index is 3.71. The Morgan fingerprint density at radius 1 is 1.11 bits per heavy atom. The van der Waals surface area contributed by atoms with E-state index in [4.69, 9.17) is 0 Å². The molecule has 1 atom stereocenters. The van der Waals surface area contributed by atoms with Gasteiger partial charge in [0.2, 0.25) is 0 Å². The number of para-hydroxylation sites is 1. The first-order valence-electron chi connectivity index (χ1n) is 6.43. The average molecular weight is 287 g/mol. The molecule has 1 heterocycles. The van der Waals surface area contributed by atoms with Crippen LogP contribution in [0.25, 0.3) is 0 Å². The second-order valence-electron chi connectivity index (χ2n) is 4.61. The predicted molar refractivity (Wildman–Crippen MR) is 87.2 cm³/mol. The smallest absolute Gasteiger partial charge is 0.0607 e. The molecule has 1 aliphatic rings. The van der Waals surface area contributed by atoms with Crippen molar-refractivity contribution in [3.05, 3.63) is 59.7 Å². The fourth-order valence-electron chi connectivity index (χ4n) is 2.45. The minimum Gasteiger partial charge on any atom is -0.376 e. The van der Waals surface area contributed by atoms with Crippen molar-refractivity contribution in [3.8, 4) is 0 Å². The molecular weight excluding hydrogens is 270 g/mol. The molecule has 1 aliphatic heterocycles. The van der Waals surface area contributed by atoms with Crippen molar-refractivity contribution < 1.29 is 0 Å². The molecule has 0 saturated carbocycles. The van der Waals surface area contributed by atoms with E-state index in [9.17, 15) is 0 Å². The highest BCUT2D eigenvalue weighted by atomic mass is 32.2. The summed E-state index contributed by atoms with van der Waals surface area (Å²) in [6.45, 7) is 0. The van der Waals surface area contributed by atoms with Gasteiger partial charge in [-0.25, -0.2) is 0 Å². The molecule has 0 radical (unpaired) electrons. The summed E-state index contributed by atoms with van der Waals surface area (Å²) >= 11 is 3.81. The van der Waals surface area contributed by atoms with Crippen LogP contribution in [0.3, 0.4) is 0 Å². The van der Waals surface area contributed by atoms with Crippen LogP contribution < -0.4 is 5.32 Å². The van der Waals surface area contributed by atoms with Crippen LogP contribution in [-0.2, 0) is 5.75 Å². The Kier molecular flexibility index (Phi) is 4.04. The van der Waals surface area contributed by atoms with E-state index in [2.05, 4.69) is 60.1 Å². The van der Waals surface area contributed by atoms with Crippen LogP contribution in [0.15, 0.2) is 53.4 Å². The maximum atomic E-state index is 3.71. The fraction of sp³-hybridized carbons (Fsp3) is 0.250. The highest BCUT2D eigenvalue weighted by molar-refractivity contribution is 7.99. The Hall–Kier alpha value is -1.06. The predicted octanol–water partition coefficient (Wildman–Crippen LogP) is 4.81. The highest BCUT2D eigenvalue weighted by Gasteiger charge is 2.20. The summed E-state index contributed by atoms with van der Waals surface area (Å²) < 4.78 is 0. The second kappa shape index (κ2) is 5.93. The Balaban J connectivity index is 1.88. The van der Waals surface area contributed by atoms with Crippen molar-refractivity contribution in [1.29, 1.82) is 0 Å². The molecule has 0 aromatic heterocycles. The standard InChI is InChI=1S/C16H17NS2/c1-18-16-9-5-4-8-14(16)17-15-11-19-10-12-6-2-3-7-13(12)15/h2-9,15,17H,10-11H2,1H3. The van der Waals surface area contributed by atoms with Crippen molar-refractivity contribution >= 4 is 29.2 Å². The number of anilines is 1. The Bertz CT molecular complexity index is 568. The van der Waals surface area contributed by atoms with Crippen molar-refractivity contribution in [2.24, 2.45) is 0 Å². The van der Waals surface area contributed by atoms with Gasteiger partial charge in [-0.15, -0.1) is 11.8 Å². The molecule has 1 N–H and O–H groups in total. The number of hydrogen-bond acceptors (Lipinski definition) is 3. The van der Waals surface area contributed by atoms with Crippen molar-refractivity contribution in [2.75, 3.05) is 17.3 Å². The number of benzene rings is 2. The van der Waals surface area contributed by atoms with Crippen LogP contribution in [0, 0.1) is 0 Å². The number of nitrogens with one attached hydrogen (secondary N) is 1. The molecule has 0 saturated heterocycles. The second-order valence-corrected chi connectivity index (χ2v) is 6.49. The molecule has 2 aromatic carbocycles. The van der Waals surface area contributed by atoms with Crippen LogP contribution in [0.1, 0.15) is 17.2 Å². The number of thioether (sulfide) groups is 2. The third-order valence-corrected chi connectivity index (χ3v) is 5.29. The van der Waals surface area contributed by atoms with Gasteiger partial charge in [0.15, 0.2) is 0 Å². The summed E-state index contributed by atoms with van der Waals surface area (Å²) in [5.41, 5.74) is 4.17. The van der Waals surface area contributed by atoms with Gasteiger partial charge < -0.3 is 5.32 Å². The normalized spacial score (nSPS) is 17.8. The van der Waals surface area contributed by atoms with E-state index in [0.29, 0.717) is 6.04 Å². The molecular formula is C16H17NS2. The number of rotatable bonds is 3. The minimum absolute atomic E-state index is 0.420. The Morgan fingerprint density at radius 2 is 1.89 bits per heavy atom. The first-order chi connectivity index (χ1) is 9.38. The summed E-state index contributed by atoms with van der Waals surface area (Å²) in [4.78, 5) is 1.32. The first-order valence-corrected chi connectivity index (χ1v) is 8.81. The van der Waals surface area contributed by atoms with E-state index in [1.54, 1.807) is 11.8 Å². The summed E-state index contributed by atoms with van der Waals surface area (Å²) in [5.74, 6) is 2.28. The summed E-state index contributed by atoms with van der Waals surface area (Å²) in [6.07, 6.45) is 2.13. The lowest BCUT2D eigenvalue weighted by Crippen LogP contribution is -2.18. The van der Waals surface area contributed by atoms with Gasteiger partial charge in [-0.2, -0.15) is 11.8 Å². The zero-order valence-corrected chi connectivity index (χ0v) is 12.6. The lowest BCUT2D eigenvalue weighted by Gasteiger charge is -2.27. The van der Waals surface area contributed by atoms with Gasteiger partial charge in [-0.1, -0.05) is 36.4 Å². The van der Waals surface area contributed by atoms with Gasteiger partial charge in [0.25, 0.3) is 0 Å². The molecule has 0 spiro atoms. The van der Waals surface area contributed by atoms with Crippen molar-refractivity contribution in [3.63, 3.8) is 0 Å². The maximum Gasteiger partial charge on any atom is 0.0607 e. The zero-order valence-electron chi connectivity index (χ0n) is 10.9. The third kappa shape index (κ3) is 2.77. The molecule has 1 unspecified atom stereocenters. The van der Waals surface area contributed by atoms with Crippen LogP contribution >= 0.6 is 23.5 Å².